The molecular formula is C16H20F3N3O. The van der Waals surface area contributed by atoms with E-state index < -0.39 is 18.8 Å². The lowest BCUT2D eigenvalue weighted by Gasteiger charge is -2.22. The van der Waals surface area contributed by atoms with Crippen LogP contribution in [0.1, 0.15) is 18.4 Å². The monoisotopic (exact) mass is 327 g/mol. The number of rotatable bonds is 6. The summed E-state index contributed by atoms with van der Waals surface area (Å²) in [6.07, 6.45) is -2.56. The fourth-order valence-electron chi connectivity index (χ4n) is 2.50. The Morgan fingerprint density at radius 3 is 2.52 bits per heavy atom. The molecule has 0 fully saturated rings. The van der Waals surface area contributed by atoms with E-state index in [1.165, 1.54) is 0 Å². The zero-order valence-corrected chi connectivity index (χ0v) is 13.0. The molecule has 2 atom stereocenters. The van der Waals surface area contributed by atoms with E-state index in [9.17, 15) is 13.2 Å². The Bertz CT molecular complexity index is 661. The van der Waals surface area contributed by atoms with Crippen molar-refractivity contribution in [1.29, 1.82) is 0 Å². The molecule has 0 bridgehead atoms. The Morgan fingerprint density at radius 2 is 1.91 bits per heavy atom. The lowest BCUT2D eigenvalue weighted by molar-refractivity contribution is -0.124. The number of nitrogens with zero attached hydrogens (tertiary/aromatic N) is 1. The second-order valence-corrected chi connectivity index (χ2v) is 5.47. The van der Waals surface area contributed by atoms with Crippen LogP contribution in [0.4, 0.5) is 13.2 Å². The summed E-state index contributed by atoms with van der Waals surface area (Å²) in [5.41, 5.74) is 6.94. The number of hydrogen-bond acceptors (Lipinski definition) is 4. The van der Waals surface area contributed by atoms with E-state index in [2.05, 4.69) is 10.3 Å². The molecule has 0 aliphatic carbocycles. The van der Waals surface area contributed by atoms with E-state index in [0.717, 1.165) is 16.3 Å². The van der Waals surface area contributed by atoms with Crippen LogP contribution < -0.4 is 15.8 Å². The Labute approximate surface area is 132 Å². The third-order valence-corrected chi connectivity index (χ3v) is 3.82. The van der Waals surface area contributed by atoms with E-state index in [0.29, 0.717) is 5.88 Å². The SMILES string of the molecule is COc1ncc(C(C)C(N)CNCC(F)(F)F)c2ccccc12. The topological polar surface area (TPSA) is 60.2 Å². The third-order valence-electron chi connectivity index (χ3n) is 3.82. The predicted octanol–water partition coefficient (Wildman–Crippen LogP) is 2.83. The number of benzene rings is 1. The van der Waals surface area contributed by atoms with Crippen molar-refractivity contribution in [3.63, 3.8) is 0 Å². The molecule has 2 unspecified atom stereocenters. The fourth-order valence-corrected chi connectivity index (χ4v) is 2.50. The van der Waals surface area contributed by atoms with Gasteiger partial charge in [0.05, 0.1) is 13.7 Å². The Hall–Kier alpha value is -1.86. The zero-order valence-electron chi connectivity index (χ0n) is 13.0. The van der Waals surface area contributed by atoms with E-state index >= 15 is 0 Å². The van der Waals surface area contributed by atoms with Crippen LogP contribution in [0.5, 0.6) is 5.88 Å². The Morgan fingerprint density at radius 1 is 1.26 bits per heavy atom. The summed E-state index contributed by atoms with van der Waals surface area (Å²) in [5, 5.41) is 4.15. The largest absolute Gasteiger partial charge is 0.481 e. The summed E-state index contributed by atoms with van der Waals surface area (Å²) >= 11 is 0. The standard InChI is InChI=1S/C16H20F3N3O/c1-10(14(20)8-21-9-16(17,18)19)13-7-22-15(23-2)12-6-4-3-5-11(12)13/h3-7,10,14,21H,8-9,20H2,1-2H3. The van der Waals surface area contributed by atoms with Crippen molar-refractivity contribution in [3.8, 4) is 5.88 Å². The second-order valence-electron chi connectivity index (χ2n) is 5.47. The Kier molecular flexibility index (Phi) is 5.43. The van der Waals surface area contributed by atoms with Gasteiger partial charge in [0.1, 0.15) is 0 Å². The van der Waals surface area contributed by atoms with Gasteiger partial charge in [0, 0.05) is 24.2 Å². The normalized spacial score (nSPS) is 14.7. The smallest absolute Gasteiger partial charge is 0.401 e. The molecule has 1 heterocycles. The predicted molar refractivity (Wildman–Crippen MR) is 83.6 cm³/mol. The van der Waals surface area contributed by atoms with Crippen LogP contribution in [0, 0.1) is 0 Å². The summed E-state index contributed by atoms with van der Waals surface area (Å²) < 4.78 is 41.8. The van der Waals surface area contributed by atoms with Crippen molar-refractivity contribution >= 4 is 10.8 Å². The van der Waals surface area contributed by atoms with E-state index in [-0.39, 0.29) is 12.5 Å². The number of alkyl halides is 3. The lowest BCUT2D eigenvalue weighted by Crippen LogP contribution is -2.41. The first-order valence-corrected chi connectivity index (χ1v) is 7.28. The van der Waals surface area contributed by atoms with Gasteiger partial charge in [-0.3, -0.25) is 0 Å². The minimum atomic E-state index is -4.24. The molecular weight excluding hydrogens is 307 g/mol. The van der Waals surface area contributed by atoms with Crippen LogP contribution in [0.25, 0.3) is 10.8 Å². The number of nitrogens with one attached hydrogen (secondary N) is 1. The first-order valence-electron chi connectivity index (χ1n) is 7.28. The van der Waals surface area contributed by atoms with Gasteiger partial charge in [-0.05, 0) is 22.9 Å². The molecule has 1 aromatic carbocycles. The average molecular weight is 327 g/mol. The molecule has 7 heteroatoms. The van der Waals surface area contributed by atoms with Crippen molar-refractivity contribution in [2.45, 2.75) is 25.1 Å². The van der Waals surface area contributed by atoms with Crippen LogP contribution in [0.2, 0.25) is 0 Å². The highest BCUT2D eigenvalue weighted by atomic mass is 19.4. The summed E-state index contributed by atoms with van der Waals surface area (Å²) in [4.78, 5) is 4.27. The van der Waals surface area contributed by atoms with Crippen LogP contribution in [0.3, 0.4) is 0 Å². The van der Waals surface area contributed by atoms with Gasteiger partial charge in [0.25, 0.3) is 0 Å². The minimum absolute atomic E-state index is 0.0705. The second kappa shape index (κ2) is 7.14. The highest BCUT2D eigenvalue weighted by Gasteiger charge is 2.27. The Balaban J connectivity index is 2.19. The number of methoxy groups -OCH3 is 1. The first-order chi connectivity index (χ1) is 10.8. The van der Waals surface area contributed by atoms with Crippen molar-refractivity contribution in [2.24, 2.45) is 5.73 Å². The summed E-state index contributed by atoms with van der Waals surface area (Å²) in [6.45, 7) is 0.909. The van der Waals surface area contributed by atoms with Gasteiger partial charge in [-0.2, -0.15) is 13.2 Å². The highest BCUT2D eigenvalue weighted by molar-refractivity contribution is 5.89. The lowest BCUT2D eigenvalue weighted by atomic mass is 9.91. The highest BCUT2D eigenvalue weighted by Crippen LogP contribution is 2.31. The molecule has 4 nitrogen and oxygen atoms in total. The zero-order chi connectivity index (χ0) is 17.0. The number of nitrogens with two attached hydrogens (primary N) is 1. The number of halogens is 3. The molecule has 23 heavy (non-hydrogen) atoms. The maximum atomic E-state index is 12.2. The van der Waals surface area contributed by atoms with E-state index in [1.807, 2.05) is 31.2 Å². The van der Waals surface area contributed by atoms with E-state index in [1.54, 1.807) is 13.3 Å². The molecule has 2 aromatic rings. The first kappa shape index (κ1) is 17.5. The maximum absolute atomic E-state index is 12.2. The fraction of sp³-hybridized carbons (Fsp3) is 0.438. The number of hydrogen-bond donors (Lipinski definition) is 2. The molecule has 0 saturated carbocycles. The quantitative estimate of drug-likeness (QED) is 0.856. The van der Waals surface area contributed by atoms with Gasteiger partial charge in [-0.1, -0.05) is 25.1 Å². The van der Waals surface area contributed by atoms with Gasteiger partial charge >= 0.3 is 6.18 Å². The number of pyridine rings is 1. The average Bonchev–Trinajstić information content (AvgIpc) is 2.51. The number of ether oxygens (including phenoxy) is 1. The maximum Gasteiger partial charge on any atom is 0.401 e. The molecule has 3 N–H and O–H groups in total. The molecule has 126 valence electrons. The van der Waals surface area contributed by atoms with Gasteiger partial charge < -0.3 is 15.8 Å². The molecule has 2 rings (SSSR count). The summed E-state index contributed by atoms with van der Waals surface area (Å²) in [7, 11) is 1.55. The molecule has 0 amide bonds. The minimum Gasteiger partial charge on any atom is -0.481 e. The van der Waals surface area contributed by atoms with Crippen LogP contribution in [-0.4, -0.2) is 37.4 Å². The van der Waals surface area contributed by atoms with Crippen LogP contribution in [0.15, 0.2) is 30.5 Å². The van der Waals surface area contributed by atoms with Crippen LogP contribution in [-0.2, 0) is 0 Å². The molecule has 0 spiro atoms. The van der Waals surface area contributed by atoms with Crippen molar-refractivity contribution in [3.05, 3.63) is 36.0 Å². The van der Waals surface area contributed by atoms with Crippen LogP contribution >= 0.6 is 0 Å². The van der Waals surface area contributed by atoms with Crippen molar-refractivity contribution in [2.75, 3.05) is 20.2 Å². The number of fused-ring (bicyclic) bond motifs is 1. The van der Waals surface area contributed by atoms with Crippen molar-refractivity contribution in [1.82, 2.24) is 10.3 Å². The van der Waals surface area contributed by atoms with Gasteiger partial charge in [0.2, 0.25) is 5.88 Å². The number of aromatic nitrogens is 1. The molecule has 0 aliphatic rings. The van der Waals surface area contributed by atoms with Gasteiger partial charge in [0.15, 0.2) is 0 Å². The van der Waals surface area contributed by atoms with Gasteiger partial charge in [-0.25, -0.2) is 4.98 Å². The van der Waals surface area contributed by atoms with Crippen molar-refractivity contribution < 1.29 is 17.9 Å². The van der Waals surface area contributed by atoms with E-state index in [4.69, 9.17) is 10.5 Å². The molecule has 0 saturated heterocycles. The molecule has 0 aliphatic heterocycles. The van der Waals surface area contributed by atoms with Gasteiger partial charge in [-0.15, -0.1) is 0 Å². The summed E-state index contributed by atoms with van der Waals surface area (Å²) in [5.74, 6) is 0.361. The molecule has 1 aromatic heterocycles. The third kappa shape index (κ3) is 4.33. The summed E-state index contributed by atoms with van der Waals surface area (Å²) in [6, 6.07) is 7.14. The molecule has 0 radical (unpaired) electrons.